The van der Waals surface area contributed by atoms with Crippen molar-refractivity contribution in [2.45, 2.75) is 46.6 Å². The lowest BCUT2D eigenvalue weighted by Gasteiger charge is -2.09. The fourth-order valence-corrected chi connectivity index (χ4v) is 2.29. The Balaban J connectivity index is 2.41. The third-order valence-electron chi connectivity index (χ3n) is 3.06. The van der Waals surface area contributed by atoms with E-state index in [9.17, 15) is 0 Å². The molecule has 2 rings (SSSR count). The van der Waals surface area contributed by atoms with E-state index in [0.29, 0.717) is 5.92 Å². The van der Waals surface area contributed by atoms with E-state index >= 15 is 0 Å². The molecule has 0 aromatic carbocycles. The van der Waals surface area contributed by atoms with Gasteiger partial charge in [0, 0.05) is 6.54 Å². The topological polar surface area (TPSA) is 43.6 Å². The van der Waals surface area contributed by atoms with Crippen molar-refractivity contribution >= 4 is 5.57 Å². The fraction of sp³-hybridized carbons (Fsp3) is 0.727. The van der Waals surface area contributed by atoms with E-state index in [1.54, 1.807) is 5.57 Å². The molecule has 0 saturated heterocycles. The minimum atomic E-state index is 0.615. The molecule has 1 aliphatic rings. The van der Waals surface area contributed by atoms with E-state index in [1.165, 1.54) is 18.4 Å². The Bertz CT molecular complexity index is 376. The van der Waals surface area contributed by atoms with Gasteiger partial charge in [0.2, 0.25) is 0 Å². The Labute approximate surface area is 90.4 Å². The van der Waals surface area contributed by atoms with Crippen LogP contribution in [0.25, 0.3) is 5.57 Å². The van der Waals surface area contributed by atoms with Crippen LogP contribution in [0.15, 0.2) is 5.57 Å². The molecule has 0 fully saturated rings. The van der Waals surface area contributed by atoms with Crippen LogP contribution in [-0.2, 0) is 6.54 Å². The molecule has 0 N–H and O–H groups in total. The van der Waals surface area contributed by atoms with Gasteiger partial charge in [0.1, 0.15) is 0 Å². The molecule has 0 atom stereocenters. The van der Waals surface area contributed by atoms with Crippen molar-refractivity contribution in [2.24, 2.45) is 5.92 Å². The summed E-state index contributed by atoms with van der Waals surface area (Å²) in [5.74, 6) is 1.60. The van der Waals surface area contributed by atoms with Crippen molar-refractivity contribution in [3.8, 4) is 0 Å². The zero-order valence-electron chi connectivity index (χ0n) is 9.69. The Hall–Kier alpha value is -1.19. The van der Waals surface area contributed by atoms with Gasteiger partial charge < -0.3 is 0 Å². The molecule has 82 valence electrons. The second kappa shape index (κ2) is 4.13. The first kappa shape index (κ1) is 10.3. The second-order valence-corrected chi connectivity index (χ2v) is 4.33. The summed E-state index contributed by atoms with van der Waals surface area (Å²) in [5.41, 5.74) is 2.93. The van der Waals surface area contributed by atoms with Gasteiger partial charge in [-0.15, -0.1) is 5.10 Å². The van der Waals surface area contributed by atoms with E-state index in [0.717, 1.165) is 18.8 Å². The zero-order valence-corrected chi connectivity index (χ0v) is 9.69. The molecule has 1 aromatic rings. The number of hydrogen-bond acceptors (Lipinski definition) is 3. The molecule has 15 heavy (non-hydrogen) atoms. The van der Waals surface area contributed by atoms with Crippen LogP contribution in [0, 0.1) is 5.92 Å². The summed E-state index contributed by atoms with van der Waals surface area (Å²) in [6.07, 6.45) is 3.59. The Morgan fingerprint density at radius 1 is 1.33 bits per heavy atom. The predicted octanol–water partition coefficient (Wildman–Crippen LogP) is 2.29. The SMILES string of the molecule is CCn1nnnc1C1=C(C(C)C)CCC1. The number of tetrazole rings is 1. The molecule has 0 aliphatic heterocycles. The van der Waals surface area contributed by atoms with Crippen LogP contribution in [0.4, 0.5) is 0 Å². The van der Waals surface area contributed by atoms with Crippen molar-refractivity contribution in [3.05, 3.63) is 11.4 Å². The van der Waals surface area contributed by atoms with Crippen molar-refractivity contribution in [2.75, 3.05) is 0 Å². The summed E-state index contributed by atoms with van der Waals surface area (Å²) in [6, 6.07) is 0. The highest BCUT2D eigenvalue weighted by Crippen LogP contribution is 2.36. The van der Waals surface area contributed by atoms with Crippen LogP contribution < -0.4 is 0 Å². The van der Waals surface area contributed by atoms with E-state index in [1.807, 2.05) is 4.68 Å². The first-order valence-corrected chi connectivity index (χ1v) is 5.72. The van der Waals surface area contributed by atoms with Crippen LogP contribution in [0.5, 0.6) is 0 Å². The highest BCUT2D eigenvalue weighted by Gasteiger charge is 2.22. The van der Waals surface area contributed by atoms with Gasteiger partial charge in [-0.05, 0) is 48.1 Å². The van der Waals surface area contributed by atoms with Crippen LogP contribution in [0.1, 0.15) is 45.9 Å². The molecule has 0 radical (unpaired) electrons. The summed E-state index contributed by atoms with van der Waals surface area (Å²) in [4.78, 5) is 0. The number of nitrogens with zero attached hydrogens (tertiary/aromatic N) is 4. The van der Waals surface area contributed by atoms with Crippen molar-refractivity contribution < 1.29 is 0 Å². The largest absolute Gasteiger partial charge is 0.226 e. The molecule has 1 heterocycles. The normalized spacial score (nSPS) is 16.8. The van der Waals surface area contributed by atoms with Gasteiger partial charge in [0.25, 0.3) is 0 Å². The molecule has 1 aromatic heterocycles. The summed E-state index contributed by atoms with van der Waals surface area (Å²) in [5, 5.41) is 11.9. The first-order chi connectivity index (χ1) is 7.24. The third kappa shape index (κ3) is 1.80. The maximum absolute atomic E-state index is 4.15. The maximum Gasteiger partial charge on any atom is 0.177 e. The quantitative estimate of drug-likeness (QED) is 0.762. The Kier molecular flexibility index (Phi) is 2.84. The number of hydrogen-bond donors (Lipinski definition) is 0. The highest BCUT2D eigenvalue weighted by atomic mass is 15.5. The van der Waals surface area contributed by atoms with Gasteiger partial charge >= 0.3 is 0 Å². The average Bonchev–Trinajstić information content (AvgIpc) is 2.85. The lowest BCUT2D eigenvalue weighted by atomic mass is 9.99. The van der Waals surface area contributed by atoms with Gasteiger partial charge in [-0.2, -0.15) is 0 Å². The standard InChI is InChI=1S/C11H18N4/c1-4-15-11(12-13-14-15)10-7-5-6-9(10)8(2)3/h8H,4-7H2,1-3H3. The summed E-state index contributed by atoms with van der Waals surface area (Å²) in [7, 11) is 0. The zero-order chi connectivity index (χ0) is 10.8. The highest BCUT2D eigenvalue weighted by molar-refractivity contribution is 5.66. The molecule has 0 spiro atoms. The van der Waals surface area contributed by atoms with Gasteiger partial charge in [-0.25, -0.2) is 4.68 Å². The Morgan fingerprint density at radius 3 is 2.80 bits per heavy atom. The maximum atomic E-state index is 4.15. The van der Waals surface area contributed by atoms with Crippen LogP contribution in [0.2, 0.25) is 0 Å². The summed E-state index contributed by atoms with van der Waals surface area (Å²) >= 11 is 0. The molecule has 0 unspecified atom stereocenters. The fourth-order valence-electron chi connectivity index (χ4n) is 2.29. The molecule has 4 nitrogen and oxygen atoms in total. The molecule has 0 saturated carbocycles. The van der Waals surface area contributed by atoms with E-state index < -0.39 is 0 Å². The summed E-state index contributed by atoms with van der Waals surface area (Å²) < 4.78 is 1.89. The first-order valence-electron chi connectivity index (χ1n) is 5.72. The van der Waals surface area contributed by atoms with E-state index in [2.05, 4.69) is 36.3 Å². The molecule has 1 aliphatic carbocycles. The molecular formula is C11H18N4. The van der Waals surface area contributed by atoms with Gasteiger partial charge in [0.15, 0.2) is 5.82 Å². The van der Waals surface area contributed by atoms with Crippen molar-refractivity contribution in [1.29, 1.82) is 0 Å². The van der Waals surface area contributed by atoms with E-state index in [4.69, 9.17) is 0 Å². The van der Waals surface area contributed by atoms with Gasteiger partial charge in [-0.3, -0.25) is 0 Å². The monoisotopic (exact) mass is 206 g/mol. The van der Waals surface area contributed by atoms with Crippen molar-refractivity contribution in [1.82, 2.24) is 20.2 Å². The Morgan fingerprint density at radius 2 is 2.13 bits per heavy atom. The lowest BCUT2D eigenvalue weighted by Crippen LogP contribution is -2.04. The lowest BCUT2D eigenvalue weighted by molar-refractivity contribution is 0.618. The van der Waals surface area contributed by atoms with Crippen LogP contribution in [0.3, 0.4) is 0 Å². The number of aryl methyl sites for hydroxylation is 1. The van der Waals surface area contributed by atoms with Crippen LogP contribution >= 0.6 is 0 Å². The van der Waals surface area contributed by atoms with Gasteiger partial charge in [0.05, 0.1) is 0 Å². The predicted molar refractivity (Wildman–Crippen MR) is 59.1 cm³/mol. The van der Waals surface area contributed by atoms with Crippen molar-refractivity contribution in [3.63, 3.8) is 0 Å². The third-order valence-corrected chi connectivity index (χ3v) is 3.06. The molecule has 0 amide bonds. The van der Waals surface area contributed by atoms with Gasteiger partial charge in [-0.1, -0.05) is 19.4 Å². The smallest absolute Gasteiger partial charge is 0.177 e. The number of allylic oxidation sites excluding steroid dienone is 2. The number of rotatable bonds is 3. The minimum absolute atomic E-state index is 0.615. The van der Waals surface area contributed by atoms with Crippen LogP contribution in [-0.4, -0.2) is 20.2 Å². The van der Waals surface area contributed by atoms with E-state index in [-0.39, 0.29) is 0 Å². The molecule has 4 heteroatoms. The minimum Gasteiger partial charge on any atom is -0.226 e. The number of aromatic nitrogens is 4. The summed E-state index contributed by atoms with van der Waals surface area (Å²) in [6.45, 7) is 7.42. The second-order valence-electron chi connectivity index (χ2n) is 4.33. The molecular weight excluding hydrogens is 188 g/mol. The average molecular weight is 206 g/mol. The molecule has 0 bridgehead atoms.